The van der Waals surface area contributed by atoms with E-state index < -0.39 is 24.1 Å². The fourth-order valence-electron chi connectivity index (χ4n) is 5.63. The Morgan fingerprint density at radius 2 is 1.58 bits per heavy atom. The smallest absolute Gasteiger partial charge is 0.323 e. The van der Waals surface area contributed by atoms with Gasteiger partial charge in [0.1, 0.15) is 0 Å². The van der Waals surface area contributed by atoms with Crippen molar-refractivity contribution in [2.24, 2.45) is 5.41 Å². The molecule has 1 saturated heterocycles. The molecule has 0 radical (unpaired) electrons. The van der Waals surface area contributed by atoms with Crippen molar-refractivity contribution >= 4 is 34.4 Å². The van der Waals surface area contributed by atoms with Crippen LogP contribution in [0.4, 0.5) is 5.69 Å². The maximum atomic E-state index is 13.8. The van der Waals surface area contributed by atoms with Crippen LogP contribution in [-0.2, 0) is 32.2 Å². The lowest BCUT2D eigenvalue weighted by Gasteiger charge is -2.34. The lowest BCUT2D eigenvalue weighted by Crippen LogP contribution is -2.50. The maximum absolute atomic E-state index is 13.8. The molecule has 43 heavy (non-hydrogen) atoms. The molecular weight excluding hydrogens is 544 g/mol. The van der Waals surface area contributed by atoms with Gasteiger partial charge in [0.2, 0.25) is 6.79 Å². The standard InChI is InChI=1S/C34H46N4O5/c1-9-38-25(5)24(4)27-17-26(18-29(31(27)38)35-19-28-22(2)11-10-12-23(28)3)32(40)37-15-13-36(14-16-37)20-30(39)42-21-43-33(41)34(6,7)8/h10-12,17-18,35H,9,13-16,19-21H2,1-8H3. The van der Waals surface area contributed by atoms with E-state index in [-0.39, 0.29) is 12.5 Å². The predicted octanol–water partition coefficient (Wildman–Crippen LogP) is 5.35. The number of carbonyl (C=O) groups is 3. The monoisotopic (exact) mass is 590 g/mol. The molecule has 1 aromatic heterocycles. The number of hydrogen-bond acceptors (Lipinski definition) is 7. The van der Waals surface area contributed by atoms with Gasteiger partial charge in [-0.25, -0.2) is 0 Å². The first kappa shape index (κ1) is 32.1. The van der Waals surface area contributed by atoms with Crippen LogP contribution in [0.5, 0.6) is 0 Å². The van der Waals surface area contributed by atoms with E-state index in [1.165, 1.54) is 27.9 Å². The van der Waals surface area contributed by atoms with Gasteiger partial charge in [-0.1, -0.05) is 18.2 Å². The van der Waals surface area contributed by atoms with Crippen LogP contribution in [0.2, 0.25) is 0 Å². The quantitative estimate of drug-likeness (QED) is 0.265. The van der Waals surface area contributed by atoms with Gasteiger partial charge < -0.3 is 24.3 Å². The van der Waals surface area contributed by atoms with E-state index in [0.29, 0.717) is 38.3 Å². The molecule has 1 fully saturated rings. The molecule has 9 heteroatoms. The van der Waals surface area contributed by atoms with Crippen molar-refractivity contribution in [1.29, 1.82) is 0 Å². The fraction of sp³-hybridized carbons (Fsp3) is 0.500. The summed E-state index contributed by atoms with van der Waals surface area (Å²) in [6, 6.07) is 10.4. The average Bonchev–Trinajstić information content (AvgIpc) is 3.21. The number of nitrogens with one attached hydrogen (secondary N) is 1. The average molecular weight is 591 g/mol. The number of amides is 1. The summed E-state index contributed by atoms with van der Waals surface area (Å²) in [7, 11) is 0. The third-order valence-corrected chi connectivity index (χ3v) is 8.43. The third-order valence-electron chi connectivity index (χ3n) is 8.43. The van der Waals surface area contributed by atoms with Gasteiger partial charge in [-0.2, -0.15) is 0 Å². The zero-order valence-electron chi connectivity index (χ0n) is 26.9. The second-order valence-electron chi connectivity index (χ2n) is 12.5. The van der Waals surface area contributed by atoms with Crippen LogP contribution in [0.3, 0.4) is 0 Å². The van der Waals surface area contributed by atoms with E-state index in [4.69, 9.17) is 9.47 Å². The number of nitrogens with zero attached hydrogens (tertiary/aromatic N) is 3. The molecule has 1 aliphatic heterocycles. The minimum absolute atomic E-state index is 0.0188. The van der Waals surface area contributed by atoms with Gasteiger partial charge in [0.05, 0.1) is 23.2 Å². The van der Waals surface area contributed by atoms with E-state index in [0.717, 1.165) is 23.1 Å². The van der Waals surface area contributed by atoms with Crippen LogP contribution < -0.4 is 5.32 Å². The largest absolute Gasteiger partial charge is 0.427 e. The SMILES string of the molecule is CCn1c(C)c(C)c2cc(C(=O)N3CCN(CC(=O)OCOC(=O)C(C)(C)C)CC3)cc(NCc3c(C)cccc3C)c21. The number of fused-ring (bicyclic) bond motifs is 1. The van der Waals surface area contributed by atoms with Crippen molar-refractivity contribution in [2.45, 2.75) is 68.5 Å². The van der Waals surface area contributed by atoms with E-state index >= 15 is 0 Å². The van der Waals surface area contributed by atoms with Gasteiger partial charge >= 0.3 is 11.9 Å². The number of esters is 2. The van der Waals surface area contributed by atoms with Gasteiger partial charge in [-0.15, -0.1) is 0 Å². The van der Waals surface area contributed by atoms with Gasteiger partial charge in [0.25, 0.3) is 5.91 Å². The number of ether oxygens (including phenoxy) is 2. The van der Waals surface area contributed by atoms with Gasteiger partial charge in [0, 0.05) is 55.9 Å². The molecule has 1 aliphatic rings. The molecule has 3 aromatic rings. The Labute approximate surface area is 255 Å². The fourth-order valence-corrected chi connectivity index (χ4v) is 5.63. The predicted molar refractivity (Wildman–Crippen MR) is 169 cm³/mol. The van der Waals surface area contributed by atoms with Crippen molar-refractivity contribution in [1.82, 2.24) is 14.4 Å². The molecule has 1 amide bonds. The number of aryl methyl sites for hydroxylation is 4. The highest BCUT2D eigenvalue weighted by Gasteiger charge is 2.27. The Bertz CT molecular complexity index is 1490. The van der Waals surface area contributed by atoms with Crippen molar-refractivity contribution < 1.29 is 23.9 Å². The molecule has 9 nitrogen and oxygen atoms in total. The van der Waals surface area contributed by atoms with Gasteiger partial charge in [-0.3, -0.25) is 19.3 Å². The van der Waals surface area contributed by atoms with Gasteiger partial charge in [0.15, 0.2) is 0 Å². The molecule has 0 atom stereocenters. The van der Waals surface area contributed by atoms with Crippen molar-refractivity contribution in [3.05, 3.63) is 63.8 Å². The molecular formula is C34H46N4O5. The van der Waals surface area contributed by atoms with Crippen LogP contribution in [-0.4, -0.2) is 71.7 Å². The molecule has 0 spiro atoms. The molecule has 0 saturated carbocycles. The molecule has 1 N–H and O–H groups in total. The summed E-state index contributed by atoms with van der Waals surface area (Å²) in [5.41, 5.74) is 8.19. The molecule has 0 bridgehead atoms. The topological polar surface area (TPSA) is 93.1 Å². The van der Waals surface area contributed by atoms with Gasteiger partial charge in [-0.05, 0) is 89.8 Å². The van der Waals surface area contributed by atoms with Crippen LogP contribution >= 0.6 is 0 Å². The summed E-state index contributed by atoms with van der Waals surface area (Å²) in [5, 5.41) is 4.76. The summed E-state index contributed by atoms with van der Waals surface area (Å²) in [4.78, 5) is 41.7. The van der Waals surface area contributed by atoms with E-state index in [2.05, 4.69) is 62.7 Å². The Balaban J connectivity index is 1.45. The Kier molecular flexibility index (Phi) is 9.85. The third kappa shape index (κ3) is 7.21. The molecule has 0 unspecified atom stereocenters. The first-order valence-electron chi connectivity index (χ1n) is 15.1. The highest BCUT2D eigenvalue weighted by Crippen LogP contribution is 2.34. The van der Waals surface area contributed by atoms with Crippen LogP contribution in [0, 0.1) is 33.1 Å². The summed E-state index contributed by atoms with van der Waals surface area (Å²) in [5.74, 6) is -0.904. The molecule has 0 aliphatic carbocycles. The summed E-state index contributed by atoms with van der Waals surface area (Å²) < 4.78 is 12.4. The number of aromatic nitrogens is 1. The van der Waals surface area contributed by atoms with Crippen molar-refractivity contribution in [3.8, 4) is 0 Å². The normalized spacial score (nSPS) is 14.2. The molecule has 232 valence electrons. The maximum Gasteiger partial charge on any atom is 0.323 e. The van der Waals surface area contributed by atoms with E-state index in [9.17, 15) is 14.4 Å². The minimum Gasteiger partial charge on any atom is -0.427 e. The van der Waals surface area contributed by atoms with E-state index in [1.807, 2.05) is 21.9 Å². The number of hydrogen-bond donors (Lipinski definition) is 1. The number of piperazine rings is 1. The first-order chi connectivity index (χ1) is 20.3. The van der Waals surface area contributed by atoms with Crippen LogP contribution in [0.25, 0.3) is 10.9 Å². The lowest BCUT2D eigenvalue weighted by atomic mass is 9.98. The molecule has 2 heterocycles. The molecule has 2 aromatic carbocycles. The van der Waals surface area contributed by atoms with Crippen LogP contribution in [0.15, 0.2) is 30.3 Å². The second-order valence-corrected chi connectivity index (χ2v) is 12.5. The number of anilines is 1. The lowest BCUT2D eigenvalue weighted by molar-refractivity contribution is -0.173. The first-order valence-corrected chi connectivity index (χ1v) is 15.1. The second kappa shape index (κ2) is 13.2. The zero-order valence-corrected chi connectivity index (χ0v) is 26.9. The molecule has 4 rings (SSSR count). The summed E-state index contributed by atoms with van der Waals surface area (Å²) >= 11 is 0. The minimum atomic E-state index is -0.659. The van der Waals surface area contributed by atoms with Crippen LogP contribution in [0.1, 0.15) is 66.0 Å². The van der Waals surface area contributed by atoms with Crippen molar-refractivity contribution in [3.63, 3.8) is 0 Å². The summed E-state index contributed by atoms with van der Waals surface area (Å²) in [6.07, 6.45) is 0. The summed E-state index contributed by atoms with van der Waals surface area (Å²) in [6.45, 7) is 19.2. The highest BCUT2D eigenvalue weighted by molar-refractivity contribution is 6.04. The van der Waals surface area contributed by atoms with Crippen molar-refractivity contribution in [2.75, 3.05) is 44.8 Å². The Morgan fingerprint density at radius 1 is 0.930 bits per heavy atom. The number of benzene rings is 2. The number of carbonyl (C=O) groups excluding carboxylic acids is 3. The van der Waals surface area contributed by atoms with E-state index in [1.54, 1.807) is 20.8 Å². The number of rotatable bonds is 9. The zero-order chi connectivity index (χ0) is 31.5. The highest BCUT2D eigenvalue weighted by atomic mass is 16.7. The Hall–Kier alpha value is -3.85. The Morgan fingerprint density at radius 3 is 2.19 bits per heavy atom.